The number of aryl methyl sites for hydroxylation is 1. The van der Waals surface area contributed by atoms with Gasteiger partial charge in [0, 0.05) is 23.8 Å². The van der Waals surface area contributed by atoms with Gasteiger partial charge in [0.15, 0.2) is 0 Å². The van der Waals surface area contributed by atoms with E-state index >= 15 is 0 Å². The second-order valence-electron chi connectivity index (χ2n) is 5.24. The van der Waals surface area contributed by atoms with Crippen LogP contribution in [0.3, 0.4) is 0 Å². The molecule has 0 radical (unpaired) electrons. The van der Waals surface area contributed by atoms with Crippen molar-refractivity contribution in [2.45, 2.75) is 12.1 Å². The Morgan fingerprint density at radius 3 is 2.81 bits per heavy atom. The number of nitrogens with zero attached hydrogens (tertiary/aromatic N) is 3. The van der Waals surface area contributed by atoms with Crippen molar-refractivity contribution in [3.63, 3.8) is 0 Å². The highest BCUT2D eigenvalue weighted by Gasteiger charge is 2.16. The largest absolute Gasteiger partial charge is 0.477 e. The van der Waals surface area contributed by atoms with Crippen molar-refractivity contribution in [2.24, 2.45) is 0 Å². The topological polar surface area (TPSA) is 135 Å². The number of hydrogen-bond donors (Lipinski definition) is 2. The summed E-state index contributed by atoms with van der Waals surface area (Å²) in [6.45, 7) is 1.70. The molecule has 0 saturated carbocycles. The molecule has 0 saturated heterocycles. The van der Waals surface area contributed by atoms with Gasteiger partial charge in [0.25, 0.3) is 5.69 Å². The molecule has 3 rings (SSSR count). The number of aromatic nitrogens is 3. The van der Waals surface area contributed by atoms with Gasteiger partial charge in [0.1, 0.15) is 22.3 Å². The standard InChI is InChI=1S/C16H11ClN4O5S/c1-8-18-16(20-19-8)27-14(15(22)23)7-10-3-5-13(26-10)11-6-9(21(24)25)2-4-12(11)17/h2-7H,1H3,(H,22,23)(H,18,19,20)/b14-7-. The van der Waals surface area contributed by atoms with Crippen molar-refractivity contribution in [2.75, 3.05) is 0 Å². The van der Waals surface area contributed by atoms with Crippen molar-refractivity contribution >= 4 is 41.1 Å². The van der Waals surface area contributed by atoms with Gasteiger partial charge in [0.05, 0.1) is 9.95 Å². The lowest BCUT2D eigenvalue weighted by Gasteiger charge is -2.01. The van der Waals surface area contributed by atoms with Crippen molar-refractivity contribution in [3.05, 3.63) is 62.0 Å². The molecular weight excluding hydrogens is 396 g/mol. The number of benzene rings is 1. The van der Waals surface area contributed by atoms with Crippen LogP contribution in [0.2, 0.25) is 5.02 Å². The van der Waals surface area contributed by atoms with Gasteiger partial charge in [-0.15, -0.1) is 5.10 Å². The van der Waals surface area contributed by atoms with Gasteiger partial charge < -0.3 is 9.52 Å². The normalized spacial score (nSPS) is 11.6. The van der Waals surface area contributed by atoms with Crippen molar-refractivity contribution < 1.29 is 19.2 Å². The third-order valence-corrected chi connectivity index (χ3v) is 4.52. The number of halogens is 1. The monoisotopic (exact) mass is 406 g/mol. The smallest absolute Gasteiger partial charge is 0.342 e. The van der Waals surface area contributed by atoms with E-state index in [-0.39, 0.29) is 32.3 Å². The molecule has 0 atom stereocenters. The molecule has 0 aliphatic rings. The van der Waals surface area contributed by atoms with Crippen LogP contribution in [0.1, 0.15) is 11.6 Å². The first kappa shape index (κ1) is 18.7. The summed E-state index contributed by atoms with van der Waals surface area (Å²) in [7, 11) is 0. The summed E-state index contributed by atoms with van der Waals surface area (Å²) in [4.78, 5) is 25.9. The van der Waals surface area contributed by atoms with Gasteiger partial charge in [-0.1, -0.05) is 11.6 Å². The first-order chi connectivity index (χ1) is 12.8. The molecule has 2 aromatic heterocycles. The molecule has 27 heavy (non-hydrogen) atoms. The minimum atomic E-state index is -1.17. The summed E-state index contributed by atoms with van der Waals surface area (Å²) in [5.74, 6) is -0.0974. The van der Waals surface area contributed by atoms with Gasteiger partial charge in [-0.2, -0.15) is 0 Å². The molecule has 3 aromatic rings. The van der Waals surface area contributed by atoms with E-state index in [9.17, 15) is 20.0 Å². The van der Waals surface area contributed by atoms with E-state index in [1.165, 1.54) is 30.3 Å². The molecule has 0 aliphatic heterocycles. The minimum Gasteiger partial charge on any atom is -0.477 e. The van der Waals surface area contributed by atoms with Crippen LogP contribution in [0.25, 0.3) is 17.4 Å². The van der Waals surface area contributed by atoms with Crippen LogP contribution in [0, 0.1) is 17.0 Å². The maximum absolute atomic E-state index is 11.5. The fourth-order valence-electron chi connectivity index (χ4n) is 2.12. The lowest BCUT2D eigenvalue weighted by molar-refractivity contribution is -0.384. The van der Waals surface area contributed by atoms with Gasteiger partial charge in [0.2, 0.25) is 5.16 Å². The van der Waals surface area contributed by atoms with Gasteiger partial charge in [-0.3, -0.25) is 15.2 Å². The Morgan fingerprint density at radius 2 is 2.19 bits per heavy atom. The van der Waals surface area contributed by atoms with Gasteiger partial charge in [-0.05, 0) is 36.9 Å². The van der Waals surface area contributed by atoms with Crippen LogP contribution >= 0.6 is 23.4 Å². The van der Waals surface area contributed by atoms with E-state index in [1.54, 1.807) is 13.0 Å². The number of rotatable bonds is 6. The van der Waals surface area contributed by atoms with Crippen LogP contribution in [-0.4, -0.2) is 31.2 Å². The fraction of sp³-hybridized carbons (Fsp3) is 0.0625. The van der Waals surface area contributed by atoms with Crippen molar-refractivity contribution in [1.82, 2.24) is 15.2 Å². The zero-order valence-corrected chi connectivity index (χ0v) is 15.2. The maximum Gasteiger partial charge on any atom is 0.342 e. The average Bonchev–Trinajstić information content (AvgIpc) is 3.23. The predicted molar refractivity (Wildman–Crippen MR) is 98.4 cm³/mol. The lowest BCUT2D eigenvalue weighted by atomic mass is 10.1. The van der Waals surface area contributed by atoms with Crippen LogP contribution in [0.15, 0.2) is 44.8 Å². The third kappa shape index (κ3) is 4.36. The summed E-state index contributed by atoms with van der Waals surface area (Å²) in [6, 6.07) is 7.07. The number of aromatic amines is 1. The SMILES string of the molecule is Cc1nc(S/C(=C\c2ccc(-c3cc([N+](=O)[O-])ccc3Cl)o2)C(=O)O)n[nH]1. The summed E-state index contributed by atoms with van der Waals surface area (Å²) in [6.07, 6.45) is 1.31. The molecule has 0 unspecified atom stereocenters. The van der Waals surface area contributed by atoms with E-state index in [1.807, 2.05) is 0 Å². The lowest BCUT2D eigenvalue weighted by Crippen LogP contribution is -1.97. The number of non-ortho nitro benzene ring substituents is 1. The van der Waals surface area contributed by atoms with Crippen LogP contribution in [0.5, 0.6) is 0 Å². The maximum atomic E-state index is 11.5. The number of carbonyl (C=O) groups is 1. The average molecular weight is 407 g/mol. The minimum absolute atomic E-state index is 0.0555. The summed E-state index contributed by atoms with van der Waals surface area (Å²) in [5, 5.41) is 27.4. The Morgan fingerprint density at radius 1 is 1.41 bits per heavy atom. The Labute approximate surface area is 161 Å². The number of aliphatic carboxylic acids is 1. The molecule has 0 amide bonds. The molecule has 2 heterocycles. The molecule has 0 spiro atoms. The van der Waals surface area contributed by atoms with Gasteiger partial charge in [-0.25, -0.2) is 9.78 Å². The first-order valence-corrected chi connectivity index (χ1v) is 8.59. The number of nitrogens with one attached hydrogen (secondary N) is 1. The van der Waals surface area contributed by atoms with E-state index in [0.717, 1.165) is 11.8 Å². The van der Waals surface area contributed by atoms with E-state index in [0.29, 0.717) is 11.4 Å². The second kappa shape index (κ2) is 7.64. The Bertz CT molecular complexity index is 1060. The Kier molecular flexibility index (Phi) is 5.28. The molecule has 138 valence electrons. The molecular formula is C16H11ClN4O5S. The highest BCUT2D eigenvalue weighted by molar-refractivity contribution is 8.04. The second-order valence-corrected chi connectivity index (χ2v) is 6.66. The highest BCUT2D eigenvalue weighted by atomic mass is 35.5. The number of nitro groups is 1. The summed E-state index contributed by atoms with van der Waals surface area (Å²) in [5.41, 5.74) is 0.198. The molecule has 11 heteroatoms. The molecule has 9 nitrogen and oxygen atoms in total. The summed E-state index contributed by atoms with van der Waals surface area (Å²) < 4.78 is 5.60. The number of furan rings is 1. The predicted octanol–water partition coefficient (Wildman–Crippen LogP) is 4.15. The first-order valence-electron chi connectivity index (χ1n) is 7.39. The number of carboxylic acids is 1. The zero-order valence-electron chi connectivity index (χ0n) is 13.7. The van der Waals surface area contributed by atoms with E-state index < -0.39 is 10.9 Å². The quantitative estimate of drug-likeness (QED) is 0.269. The molecule has 0 fully saturated rings. The number of H-pyrrole nitrogens is 1. The summed E-state index contributed by atoms with van der Waals surface area (Å²) >= 11 is 6.95. The third-order valence-electron chi connectivity index (χ3n) is 3.32. The van der Waals surface area contributed by atoms with Gasteiger partial charge >= 0.3 is 5.97 Å². The van der Waals surface area contributed by atoms with E-state index in [2.05, 4.69) is 15.2 Å². The fourth-order valence-corrected chi connectivity index (χ4v) is 3.06. The molecule has 1 aromatic carbocycles. The highest BCUT2D eigenvalue weighted by Crippen LogP contribution is 2.34. The van der Waals surface area contributed by atoms with Crippen LogP contribution in [0.4, 0.5) is 5.69 Å². The zero-order chi connectivity index (χ0) is 19.6. The van der Waals surface area contributed by atoms with Crippen LogP contribution in [-0.2, 0) is 4.79 Å². The van der Waals surface area contributed by atoms with Crippen molar-refractivity contribution in [3.8, 4) is 11.3 Å². The Hall–Kier alpha value is -3.11. The molecule has 0 bridgehead atoms. The number of hydrogen-bond acceptors (Lipinski definition) is 7. The van der Waals surface area contributed by atoms with Crippen molar-refractivity contribution in [1.29, 1.82) is 0 Å². The molecule has 2 N–H and O–H groups in total. The van der Waals surface area contributed by atoms with Crippen LogP contribution < -0.4 is 0 Å². The Balaban J connectivity index is 1.92. The number of nitro benzene ring substituents is 1. The molecule has 0 aliphatic carbocycles. The number of carboxylic acid groups (broad SMARTS) is 1. The van der Waals surface area contributed by atoms with E-state index in [4.69, 9.17) is 16.0 Å². The number of thioether (sulfide) groups is 1.